The number of thiazole rings is 1. The number of aromatic nitrogens is 1. The fourth-order valence-corrected chi connectivity index (χ4v) is 2.96. The largest absolute Gasteiger partial charge is 0.493 e. The molecule has 0 fully saturated rings. The second-order valence-corrected chi connectivity index (χ2v) is 6.11. The van der Waals surface area contributed by atoms with Gasteiger partial charge in [-0.25, -0.2) is 15.2 Å². The van der Waals surface area contributed by atoms with Crippen molar-refractivity contribution >= 4 is 40.4 Å². The van der Waals surface area contributed by atoms with Crippen LogP contribution in [0.1, 0.15) is 11.8 Å². The summed E-state index contributed by atoms with van der Waals surface area (Å²) in [5.41, 5.74) is 8.22. The monoisotopic (exact) mass is 365 g/mol. The topological polar surface area (TPSA) is 105 Å². The van der Waals surface area contributed by atoms with Crippen molar-refractivity contribution in [1.29, 1.82) is 0 Å². The Bertz CT molecular complexity index is 852. The molecule has 0 aliphatic heterocycles. The highest BCUT2D eigenvalue weighted by Gasteiger charge is 2.15. The van der Waals surface area contributed by atoms with Gasteiger partial charge < -0.3 is 10.8 Å². The van der Waals surface area contributed by atoms with Crippen LogP contribution in [0, 0.1) is 0 Å². The Morgan fingerprint density at radius 2 is 2.17 bits per heavy atom. The molecule has 0 radical (unpaired) electrons. The molecule has 2 aromatic rings. The quantitative estimate of drug-likeness (QED) is 0.430. The molecule has 1 aromatic heterocycles. The molecule has 0 saturated carbocycles. The van der Waals surface area contributed by atoms with Crippen LogP contribution in [-0.4, -0.2) is 21.4 Å². The van der Waals surface area contributed by atoms with E-state index in [0.717, 1.165) is 0 Å². The number of nitrogens with zero attached hydrogens (tertiary/aromatic N) is 3. The Morgan fingerprint density at radius 3 is 2.75 bits per heavy atom. The van der Waals surface area contributed by atoms with Crippen LogP contribution < -0.4 is 16.0 Å². The highest BCUT2D eigenvalue weighted by molar-refractivity contribution is 7.11. The van der Waals surface area contributed by atoms with E-state index in [4.69, 9.17) is 17.3 Å². The Morgan fingerprint density at radius 1 is 1.50 bits per heavy atom. The van der Waals surface area contributed by atoms with Crippen molar-refractivity contribution in [2.45, 2.75) is 13.5 Å². The third kappa shape index (κ3) is 4.24. The van der Waals surface area contributed by atoms with E-state index >= 15 is 0 Å². The summed E-state index contributed by atoms with van der Waals surface area (Å²) >= 11 is 7.10. The van der Waals surface area contributed by atoms with Gasteiger partial charge in [0, 0.05) is 11.6 Å². The number of amides is 2. The lowest BCUT2D eigenvalue weighted by Crippen LogP contribution is -2.25. The predicted octanol–water partition coefficient (Wildman–Crippen LogP) is 2.72. The molecule has 0 aliphatic rings. The molecule has 1 aromatic carbocycles. The molecule has 7 nitrogen and oxygen atoms in total. The minimum Gasteiger partial charge on any atom is -0.493 e. The van der Waals surface area contributed by atoms with Gasteiger partial charge >= 0.3 is 6.03 Å². The van der Waals surface area contributed by atoms with Crippen LogP contribution >= 0.6 is 22.9 Å². The van der Waals surface area contributed by atoms with Crippen molar-refractivity contribution in [3.8, 4) is 5.88 Å². The SMILES string of the molecule is C=CCn1c(O)c(/C(C)=N/NC(N)=O)sc1=Nc1ccc(Cl)cc1. The zero-order chi connectivity index (χ0) is 17.7. The molecule has 0 spiro atoms. The normalized spacial score (nSPS) is 12.2. The lowest BCUT2D eigenvalue weighted by atomic mass is 10.3. The Labute approximate surface area is 147 Å². The van der Waals surface area contributed by atoms with E-state index in [9.17, 15) is 9.90 Å². The van der Waals surface area contributed by atoms with Gasteiger partial charge in [0.05, 0.1) is 11.4 Å². The maximum Gasteiger partial charge on any atom is 0.332 e. The van der Waals surface area contributed by atoms with Crippen molar-refractivity contribution in [3.63, 3.8) is 0 Å². The molecule has 0 aliphatic carbocycles. The molecular weight excluding hydrogens is 350 g/mol. The molecule has 0 atom stereocenters. The number of hydrogen-bond donors (Lipinski definition) is 3. The number of carbonyl (C=O) groups is 1. The molecule has 126 valence electrons. The van der Waals surface area contributed by atoms with Crippen LogP contribution in [0.3, 0.4) is 0 Å². The van der Waals surface area contributed by atoms with Crippen molar-refractivity contribution in [1.82, 2.24) is 9.99 Å². The van der Waals surface area contributed by atoms with Gasteiger partial charge in [-0.05, 0) is 31.2 Å². The summed E-state index contributed by atoms with van der Waals surface area (Å²) in [6, 6.07) is 6.22. The number of nitrogens with two attached hydrogens (primary N) is 1. The summed E-state index contributed by atoms with van der Waals surface area (Å²) in [4.78, 5) is 16.3. The summed E-state index contributed by atoms with van der Waals surface area (Å²) in [5, 5.41) is 14.9. The van der Waals surface area contributed by atoms with Crippen LogP contribution in [0.2, 0.25) is 5.02 Å². The highest BCUT2D eigenvalue weighted by atomic mass is 35.5. The highest BCUT2D eigenvalue weighted by Crippen LogP contribution is 2.22. The van der Waals surface area contributed by atoms with Crippen molar-refractivity contribution in [2.24, 2.45) is 15.8 Å². The van der Waals surface area contributed by atoms with Crippen molar-refractivity contribution in [2.75, 3.05) is 0 Å². The number of nitrogens with one attached hydrogen (secondary N) is 1. The molecule has 0 bridgehead atoms. The van der Waals surface area contributed by atoms with Gasteiger partial charge in [-0.1, -0.05) is 29.0 Å². The first-order valence-electron chi connectivity index (χ1n) is 6.86. The number of rotatable bonds is 5. The van der Waals surface area contributed by atoms with Gasteiger partial charge in [0.15, 0.2) is 4.80 Å². The van der Waals surface area contributed by atoms with Crippen molar-refractivity contribution < 1.29 is 9.90 Å². The number of allylic oxidation sites excluding steroid dienone is 1. The van der Waals surface area contributed by atoms with Gasteiger partial charge in [0.2, 0.25) is 5.88 Å². The summed E-state index contributed by atoms with van der Waals surface area (Å²) in [6.07, 6.45) is 1.64. The molecule has 2 rings (SSSR count). The summed E-state index contributed by atoms with van der Waals surface area (Å²) in [7, 11) is 0. The molecule has 1 heterocycles. The smallest absolute Gasteiger partial charge is 0.332 e. The summed E-state index contributed by atoms with van der Waals surface area (Å²) < 4.78 is 1.59. The second kappa shape index (κ2) is 7.80. The average Bonchev–Trinajstić information content (AvgIpc) is 2.84. The average molecular weight is 366 g/mol. The van der Waals surface area contributed by atoms with E-state index in [-0.39, 0.29) is 5.88 Å². The van der Waals surface area contributed by atoms with E-state index in [1.807, 2.05) is 0 Å². The number of primary amides is 1. The van der Waals surface area contributed by atoms with Gasteiger partial charge in [-0.2, -0.15) is 5.10 Å². The molecular formula is C15H16ClN5O2S. The number of benzene rings is 1. The van der Waals surface area contributed by atoms with Gasteiger partial charge in [0.25, 0.3) is 0 Å². The van der Waals surface area contributed by atoms with Gasteiger partial charge in [0.1, 0.15) is 4.88 Å². The molecule has 9 heteroatoms. The fourth-order valence-electron chi connectivity index (χ4n) is 1.83. The van der Waals surface area contributed by atoms with Gasteiger partial charge in [-0.3, -0.25) is 4.57 Å². The lowest BCUT2D eigenvalue weighted by molar-refractivity contribution is 0.249. The molecule has 0 saturated heterocycles. The number of carbonyl (C=O) groups excluding carboxylic acids is 1. The van der Waals surface area contributed by atoms with Crippen LogP contribution in [0.4, 0.5) is 10.5 Å². The zero-order valence-corrected chi connectivity index (χ0v) is 14.4. The third-order valence-electron chi connectivity index (χ3n) is 2.91. The molecule has 2 amide bonds. The maximum absolute atomic E-state index is 10.8. The zero-order valence-electron chi connectivity index (χ0n) is 12.9. The number of hydrazone groups is 1. The number of aromatic hydroxyl groups is 1. The fraction of sp³-hybridized carbons (Fsp3) is 0.133. The van der Waals surface area contributed by atoms with E-state index in [2.05, 4.69) is 22.1 Å². The lowest BCUT2D eigenvalue weighted by Gasteiger charge is -2.02. The van der Waals surface area contributed by atoms with E-state index in [1.54, 1.807) is 41.8 Å². The van der Waals surface area contributed by atoms with Crippen LogP contribution in [-0.2, 0) is 6.54 Å². The summed E-state index contributed by atoms with van der Waals surface area (Å²) in [6.45, 7) is 5.69. The Balaban J connectivity index is 2.53. The Kier molecular flexibility index (Phi) is 5.78. The molecule has 0 unspecified atom stereocenters. The number of urea groups is 1. The van der Waals surface area contributed by atoms with Crippen LogP contribution in [0.25, 0.3) is 0 Å². The van der Waals surface area contributed by atoms with Crippen molar-refractivity contribution in [3.05, 3.63) is 51.6 Å². The first kappa shape index (κ1) is 17.8. The third-order valence-corrected chi connectivity index (χ3v) is 4.34. The standard InChI is InChI=1S/C15H16ClN5O2S/c1-3-8-21-13(22)12(9(2)19-20-14(17)23)24-15(21)18-11-6-4-10(16)5-7-11/h3-7,22H,1,8H2,2H3,(H3,17,20,23)/b18-15?,19-9+. The predicted molar refractivity (Wildman–Crippen MR) is 95.8 cm³/mol. The first-order valence-corrected chi connectivity index (χ1v) is 8.05. The van der Waals surface area contributed by atoms with E-state index in [1.165, 1.54) is 11.3 Å². The van der Waals surface area contributed by atoms with E-state index in [0.29, 0.717) is 32.6 Å². The minimum absolute atomic E-state index is 0.0138. The Hall–Kier alpha value is -2.58. The molecule has 24 heavy (non-hydrogen) atoms. The minimum atomic E-state index is -0.782. The van der Waals surface area contributed by atoms with Crippen LogP contribution in [0.15, 0.2) is 47.0 Å². The number of hydrogen-bond acceptors (Lipinski definition) is 5. The molecule has 4 N–H and O–H groups in total. The van der Waals surface area contributed by atoms with E-state index < -0.39 is 6.03 Å². The maximum atomic E-state index is 10.8. The number of halogens is 1. The van der Waals surface area contributed by atoms with Gasteiger partial charge in [-0.15, -0.1) is 6.58 Å². The summed E-state index contributed by atoms with van der Waals surface area (Å²) in [5.74, 6) is -0.0138. The van der Waals surface area contributed by atoms with Crippen LogP contribution in [0.5, 0.6) is 5.88 Å². The first-order chi connectivity index (χ1) is 11.4. The second-order valence-electron chi connectivity index (χ2n) is 4.70.